The largest absolute Gasteiger partial charge is 0.391 e. The predicted molar refractivity (Wildman–Crippen MR) is 51.4 cm³/mol. The van der Waals surface area contributed by atoms with E-state index >= 15 is 0 Å². The fourth-order valence-corrected chi connectivity index (χ4v) is 2.22. The van der Waals surface area contributed by atoms with E-state index in [1.165, 1.54) is 0 Å². The van der Waals surface area contributed by atoms with Crippen molar-refractivity contribution in [3.63, 3.8) is 0 Å². The summed E-state index contributed by atoms with van der Waals surface area (Å²) in [6, 6.07) is 0. The van der Waals surface area contributed by atoms with Crippen LogP contribution in [0, 0.1) is 5.92 Å². The molecule has 0 spiro atoms. The minimum Gasteiger partial charge on any atom is -0.391 e. The fraction of sp³-hybridized carbons (Fsp3) is 1.00. The van der Waals surface area contributed by atoms with E-state index < -0.39 is 19.2 Å². The lowest BCUT2D eigenvalue weighted by atomic mass is 10.3. The van der Waals surface area contributed by atoms with Crippen molar-refractivity contribution in [3.05, 3.63) is 0 Å². The van der Waals surface area contributed by atoms with Crippen LogP contribution in [0.3, 0.4) is 0 Å². The third-order valence-corrected chi connectivity index (χ3v) is 6.39. The van der Waals surface area contributed by atoms with E-state index in [1.54, 1.807) is 22.6 Å². The molecule has 1 aliphatic rings. The molecule has 0 amide bonds. The zero-order valence-corrected chi connectivity index (χ0v) is 9.17. The van der Waals surface area contributed by atoms with Crippen molar-refractivity contribution in [2.45, 2.75) is 22.2 Å². The van der Waals surface area contributed by atoms with Crippen molar-refractivity contribution in [1.82, 2.24) is 0 Å². The average Bonchev–Trinajstić information content (AvgIpc) is 2.63. The van der Waals surface area contributed by atoms with Crippen LogP contribution in [0.15, 0.2) is 0 Å². The SMILES string of the molecule is CS(=O)(=O)[C@@H](I)[C@H](O)C1CC1. The minimum atomic E-state index is -3.07. The number of alkyl halides is 1. The highest BCUT2D eigenvalue weighted by atomic mass is 127. The first-order valence-electron chi connectivity index (χ1n) is 3.44. The van der Waals surface area contributed by atoms with E-state index in [9.17, 15) is 13.5 Å². The van der Waals surface area contributed by atoms with Crippen molar-refractivity contribution in [1.29, 1.82) is 0 Å². The van der Waals surface area contributed by atoms with Crippen LogP contribution >= 0.6 is 22.6 Å². The molecule has 0 aromatic carbocycles. The van der Waals surface area contributed by atoms with Crippen LogP contribution in [0.2, 0.25) is 0 Å². The van der Waals surface area contributed by atoms with Crippen molar-refractivity contribution in [2.24, 2.45) is 5.92 Å². The molecule has 11 heavy (non-hydrogen) atoms. The molecular weight excluding hydrogens is 279 g/mol. The van der Waals surface area contributed by atoms with Crippen LogP contribution in [-0.2, 0) is 9.84 Å². The van der Waals surface area contributed by atoms with E-state index in [2.05, 4.69) is 0 Å². The van der Waals surface area contributed by atoms with Crippen molar-refractivity contribution < 1.29 is 13.5 Å². The summed E-state index contributed by atoms with van der Waals surface area (Å²) in [5, 5.41) is 9.41. The topological polar surface area (TPSA) is 54.4 Å². The van der Waals surface area contributed by atoms with Crippen LogP contribution in [0.4, 0.5) is 0 Å². The molecule has 5 heteroatoms. The van der Waals surface area contributed by atoms with Crippen LogP contribution in [0.5, 0.6) is 0 Å². The smallest absolute Gasteiger partial charge is 0.162 e. The van der Waals surface area contributed by atoms with Gasteiger partial charge in [0.2, 0.25) is 0 Å². The van der Waals surface area contributed by atoms with Gasteiger partial charge in [0.1, 0.15) is 3.26 Å². The van der Waals surface area contributed by atoms with E-state index in [0.29, 0.717) is 0 Å². The normalized spacial score (nSPS) is 24.6. The van der Waals surface area contributed by atoms with E-state index in [4.69, 9.17) is 0 Å². The highest BCUT2D eigenvalue weighted by molar-refractivity contribution is 14.1. The Hall–Kier alpha value is 0.640. The summed E-state index contributed by atoms with van der Waals surface area (Å²) in [6.07, 6.45) is 2.44. The van der Waals surface area contributed by atoms with Gasteiger partial charge in [-0.25, -0.2) is 8.42 Å². The Morgan fingerprint density at radius 1 is 1.55 bits per heavy atom. The lowest BCUT2D eigenvalue weighted by Gasteiger charge is -2.14. The molecule has 0 aliphatic heterocycles. The summed E-state index contributed by atoms with van der Waals surface area (Å²) in [4.78, 5) is 0. The molecule has 1 saturated carbocycles. The first-order valence-corrected chi connectivity index (χ1v) is 6.64. The maximum absolute atomic E-state index is 10.9. The summed E-state index contributed by atoms with van der Waals surface area (Å²) in [6.45, 7) is 0. The number of hydrogen-bond donors (Lipinski definition) is 1. The zero-order valence-electron chi connectivity index (χ0n) is 6.20. The van der Waals surface area contributed by atoms with Gasteiger partial charge in [0, 0.05) is 6.26 Å². The highest BCUT2D eigenvalue weighted by Gasteiger charge is 2.38. The second kappa shape index (κ2) is 3.18. The minimum absolute atomic E-state index is 0.228. The Labute approximate surface area is 80.2 Å². The molecule has 0 aromatic heterocycles. The monoisotopic (exact) mass is 290 g/mol. The molecule has 0 bridgehead atoms. The van der Waals surface area contributed by atoms with Gasteiger partial charge < -0.3 is 5.11 Å². The molecule has 0 aromatic rings. The molecule has 1 fully saturated rings. The molecule has 0 saturated heterocycles. The van der Waals surface area contributed by atoms with Gasteiger partial charge in [-0.15, -0.1) is 0 Å². The van der Waals surface area contributed by atoms with Gasteiger partial charge in [0.25, 0.3) is 0 Å². The molecule has 1 N–H and O–H groups in total. The van der Waals surface area contributed by atoms with Crippen LogP contribution in [-0.4, -0.2) is 29.1 Å². The zero-order chi connectivity index (χ0) is 8.65. The number of sulfone groups is 1. The van der Waals surface area contributed by atoms with Crippen LogP contribution < -0.4 is 0 Å². The van der Waals surface area contributed by atoms with Crippen LogP contribution in [0.25, 0.3) is 0 Å². The second-order valence-electron chi connectivity index (χ2n) is 3.01. The van der Waals surface area contributed by atoms with Gasteiger partial charge in [0.05, 0.1) is 6.10 Å². The average molecular weight is 290 g/mol. The van der Waals surface area contributed by atoms with E-state index in [1.807, 2.05) is 0 Å². The van der Waals surface area contributed by atoms with Crippen molar-refractivity contribution in [3.8, 4) is 0 Å². The van der Waals surface area contributed by atoms with Gasteiger partial charge in [0.15, 0.2) is 9.84 Å². The summed E-state index contributed by atoms with van der Waals surface area (Å²) < 4.78 is 21.2. The Morgan fingerprint density at radius 2 is 2.00 bits per heavy atom. The fourth-order valence-electron chi connectivity index (χ4n) is 0.905. The highest BCUT2D eigenvalue weighted by Crippen LogP contribution is 2.36. The lowest BCUT2D eigenvalue weighted by molar-refractivity contribution is 0.169. The standard InChI is InChI=1S/C6H11IO3S/c1-11(9,10)6(7)5(8)4-2-3-4/h4-6,8H,2-3H2,1H3/t5-,6-/m1/s1. The summed E-state index contributed by atoms with van der Waals surface area (Å²) in [7, 11) is -3.07. The van der Waals surface area contributed by atoms with Gasteiger partial charge in [-0.2, -0.15) is 0 Å². The number of rotatable bonds is 3. The molecule has 0 radical (unpaired) electrons. The Kier molecular flexibility index (Phi) is 2.81. The third kappa shape index (κ3) is 2.55. The molecule has 2 atom stereocenters. The number of hydrogen-bond acceptors (Lipinski definition) is 3. The Morgan fingerprint density at radius 3 is 2.27 bits per heavy atom. The van der Waals surface area contributed by atoms with Gasteiger partial charge >= 0.3 is 0 Å². The van der Waals surface area contributed by atoms with Crippen molar-refractivity contribution >= 4 is 32.4 Å². The van der Waals surface area contributed by atoms with E-state index in [-0.39, 0.29) is 5.92 Å². The van der Waals surface area contributed by atoms with Gasteiger partial charge in [-0.3, -0.25) is 0 Å². The molecule has 0 unspecified atom stereocenters. The molecule has 3 nitrogen and oxygen atoms in total. The van der Waals surface area contributed by atoms with E-state index in [0.717, 1.165) is 19.1 Å². The molecule has 1 rings (SSSR count). The van der Waals surface area contributed by atoms with Crippen LogP contribution in [0.1, 0.15) is 12.8 Å². The Bertz CT molecular complexity index is 232. The number of halogens is 1. The van der Waals surface area contributed by atoms with Crippen molar-refractivity contribution in [2.75, 3.05) is 6.26 Å². The maximum Gasteiger partial charge on any atom is 0.162 e. The third-order valence-electron chi connectivity index (χ3n) is 1.78. The quantitative estimate of drug-likeness (QED) is 0.610. The summed E-state index contributed by atoms with van der Waals surface area (Å²) >= 11 is 1.79. The first-order chi connectivity index (χ1) is 4.93. The maximum atomic E-state index is 10.9. The molecule has 1 aliphatic carbocycles. The lowest BCUT2D eigenvalue weighted by Crippen LogP contribution is -2.29. The van der Waals surface area contributed by atoms with Gasteiger partial charge in [-0.1, -0.05) is 22.6 Å². The first kappa shape index (κ1) is 9.73. The number of aliphatic hydroxyl groups excluding tert-OH is 1. The number of aliphatic hydroxyl groups is 1. The predicted octanol–water partition coefficient (Wildman–Crippen LogP) is 0.563. The second-order valence-corrected chi connectivity index (χ2v) is 7.36. The summed E-state index contributed by atoms with van der Waals surface area (Å²) in [5.74, 6) is 0.228. The summed E-state index contributed by atoms with van der Waals surface area (Å²) in [5.41, 5.74) is 0. The Balaban J connectivity index is 2.59. The van der Waals surface area contributed by atoms with Gasteiger partial charge in [-0.05, 0) is 18.8 Å². The molecular formula is C6H11IO3S. The molecule has 0 heterocycles. The molecule has 66 valence electrons.